The molecule has 0 aliphatic rings. The number of anilines is 2. The van der Waals surface area contributed by atoms with Gasteiger partial charge in [0, 0.05) is 5.56 Å². The molecule has 9 nitrogen and oxygen atoms in total. The Kier molecular flexibility index (Phi) is 9.42. The average molecular weight is 434 g/mol. The van der Waals surface area contributed by atoms with Crippen LogP contribution >= 0.6 is 0 Å². The molecule has 4 N–H and O–H groups in total. The Balaban J connectivity index is 2.86. The minimum absolute atomic E-state index is 0.0294. The van der Waals surface area contributed by atoms with Gasteiger partial charge in [0.15, 0.2) is 17.3 Å². The van der Waals surface area contributed by atoms with Crippen molar-refractivity contribution in [2.45, 2.75) is 60.3 Å². The number of nitrogen functional groups attached to an aromatic ring is 2. The van der Waals surface area contributed by atoms with Crippen LogP contribution in [0.3, 0.4) is 0 Å². The first-order chi connectivity index (χ1) is 15.0. The number of aromatic nitrogens is 3. The van der Waals surface area contributed by atoms with Gasteiger partial charge in [-0.3, -0.25) is 0 Å². The molecule has 0 unspecified atom stereocenters. The predicted molar refractivity (Wildman–Crippen MR) is 122 cm³/mol. The molecule has 0 fully saturated rings. The topological polar surface area (TPSA) is 128 Å². The molecule has 0 amide bonds. The van der Waals surface area contributed by atoms with E-state index in [0.29, 0.717) is 60.8 Å². The van der Waals surface area contributed by atoms with E-state index in [9.17, 15) is 0 Å². The lowest BCUT2D eigenvalue weighted by Crippen LogP contribution is -2.12. The van der Waals surface area contributed by atoms with Crippen LogP contribution in [0.15, 0.2) is 0 Å². The smallest absolute Gasteiger partial charge is 0.225 e. The Labute approximate surface area is 184 Å². The summed E-state index contributed by atoms with van der Waals surface area (Å²) in [6, 6.07) is 0. The molecular weight excluding hydrogens is 398 g/mol. The summed E-state index contributed by atoms with van der Waals surface area (Å²) in [5.41, 5.74) is 13.1. The Morgan fingerprint density at radius 1 is 0.581 bits per heavy atom. The van der Waals surface area contributed by atoms with E-state index >= 15 is 0 Å². The van der Waals surface area contributed by atoms with Crippen molar-refractivity contribution in [1.82, 2.24) is 15.0 Å². The molecule has 172 valence electrons. The first-order valence-corrected chi connectivity index (χ1v) is 11.0. The van der Waals surface area contributed by atoms with E-state index in [1.165, 1.54) is 0 Å². The van der Waals surface area contributed by atoms with Crippen LogP contribution in [0.4, 0.5) is 11.9 Å². The van der Waals surface area contributed by atoms with Crippen molar-refractivity contribution in [2.24, 2.45) is 0 Å². The van der Waals surface area contributed by atoms with E-state index in [2.05, 4.69) is 15.0 Å². The van der Waals surface area contributed by atoms with Gasteiger partial charge < -0.3 is 30.4 Å². The van der Waals surface area contributed by atoms with Gasteiger partial charge in [0.2, 0.25) is 23.4 Å². The fourth-order valence-corrected chi connectivity index (χ4v) is 2.95. The molecule has 2 aromatic rings. The molecule has 1 aromatic heterocycles. The highest BCUT2D eigenvalue weighted by Crippen LogP contribution is 2.53. The molecule has 1 heterocycles. The highest BCUT2D eigenvalue weighted by Gasteiger charge is 2.29. The van der Waals surface area contributed by atoms with Crippen molar-refractivity contribution in [2.75, 3.05) is 37.9 Å². The fourth-order valence-electron chi connectivity index (χ4n) is 2.95. The first-order valence-electron chi connectivity index (χ1n) is 11.0. The van der Waals surface area contributed by atoms with Crippen LogP contribution in [-0.4, -0.2) is 41.4 Å². The highest BCUT2D eigenvalue weighted by atomic mass is 16.6. The second-order valence-electron chi connectivity index (χ2n) is 7.09. The van der Waals surface area contributed by atoms with Gasteiger partial charge in [-0.25, -0.2) is 0 Å². The minimum atomic E-state index is 0.0294. The lowest BCUT2D eigenvalue weighted by Gasteiger charge is -2.24. The van der Waals surface area contributed by atoms with Gasteiger partial charge in [0.1, 0.15) is 0 Å². The van der Waals surface area contributed by atoms with Crippen molar-refractivity contribution < 1.29 is 18.9 Å². The van der Waals surface area contributed by atoms with Gasteiger partial charge in [-0.05, 0) is 32.6 Å². The van der Waals surface area contributed by atoms with Crippen LogP contribution in [0.2, 0.25) is 0 Å². The minimum Gasteiger partial charge on any atom is -0.489 e. The zero-order valence-electron chi connectivity index (χ0n) is 19.3. The van der Waals surface area contributed by atoms with Crippen molar-refractivity contribution in [1.29, 1.82) is 0 Å². The normalized spacial score (nSPS) is 10.7. The zero-order valence-corrected chi connectivity index (χ0v) is 19.3. The molecule has 0 aliphatic carbocycles. The third kappa shape index (κ3) is 6.02. The van der Waals surface area contributed by atoms with Gasteiger partial charge >= 0.3 is 0 Å². The Hall–Kier alpha value is -2.97. The average Bonchev–Trinajstić information content (AvgIpc) is 2.73. The van der Waals surface area contributed by atoms with E-state index in [4.69, 9.17) is 30.4 Å². The number of hydrogen-bond donors (Lipinski definition) is 2. The van der Waals surface area contributed by atoms with E-state index in [-0.39, 0.29) is 11.9 Å². The molecular formula is C22H35N5O4. The van der Waals surface area contributed by atoms with E-state index < -0.39 is 0 Å². The molecule has 0 radical (unpaired) electrons. The van der Waals surface area contributed by atoms with Crippen LogP contribution < -0.4 is 30.4 Å². The Bertz CT molecular complexity index is 840. The molecule has 0 saturated heterocycles. The van der Waals surface area contributed by atoms with Crippen LogP contribution in [-0.2, 0) is 0 Å². The SMILES string of the molecule is CCCOc1c(C)c(-c2nc(N)nc(N)n2)c(OCCC)c(OCCC)c1OCCC. The van der Waals surface area contributed by atoms with Gasteiger partial charge in [0.25, 0.3) is 0 Å². The van der Waals surface area contributed by atoms with Crippen LogP contribution in [0.5, 0.6) is 23.0 Å². The summed E-state index contributed by atoms with van der Waals surface area (Å²) in [7, 11) is 0. The highest BCUT2D eigenvalue weighted by molar-refractivity contribution is 5.81. The van der Waals surface area contributed by atoms with Crippen LogP contribution in [0.25, 0.3) is 11.4 Å². The summed E-state index contributed by atoms with van der Waals surface area (Å²) in [6.45, 7) is 12.1. The fraction of sp³-hybridized carbons (Fsp3) is 0.591. The molecule has 0 aliphatic heterocycles. The number of nitrogens with zero attached hydrogens (tertiary/aromatic N) is 3. The number of benzene rings is 1. The molecule has 0 spiro atoms. The summed E-state index contributed by atoms with van der Waals surface area (Å²) in [4.78, 5) is 12.5. The van der Waals surface area contributed by atoms with E-state index in [1.54, 1.807) is 0 Å². The molecule has 2 rings (SSSR count). The van der Waals surface area contributed by atoms with Crippen molar-refractivity contribution in [3.63, 3.8) is 0 Å². The van der Waals surface area contributed by atoms with E-state index in [0.717, 1.165) is 31.2 Å². The number of hydrogen-bond acceptors (Lipinski definition) is 9. The maximum Gasteiger partial charge on any atom is 0.225 e. The molecule has 0 bridgehead atoms. The van der Waals surface area contributed by atoms with Gasteiger partial charge in [-0.15, -0.1) is 0 Å². The molecule has 31 heavy (non-hydrogen) atoms. The monoisotopic (exact) mass is 433 g/mol. The molecule has 0 saturated carbocycles. The van der Waals surface area contributed by atoms with Gasteiger partial charge in [0.05, 0.1) is 32.0 Å². The van der Waals surface area contributed by atoms with Crippen LogP contribution in [0.1, 0.15) is 58.9 Å². The molecule has 0 atom stereocenters. The molecule has 1 aromatic carbocycles. The lowest BCUT2D eigenvalue weighted by molar-refractivity contribution is 0.227. The predicted octanol–water partition coefficient (Wildman–Crippen LogP) is 4.17. The Morgan fingerprint density at radius 2 is 0.968 bits per heavy atom. The summed E-state index contributed by atoms with van der Waals surface area (Å²) in [6.07, 6.45) is 3.31. The van der Waals surface area contributed by atoms with Gasteiger partial charge in [-0.2, -0.15) is 15.0 Å². The second-order valence-corrected chi connectivity index (χ2v) is 7.09. The summed E-state index contributed by atoms with van der Waals surface area (Å²) >= 11 is 0. The number of ether oxygens (including phenoxy) is 4. The zero-order chi connectivity index (χ0) is 22.8. The van der Waals surface area contributed by atoms with Crippen LogP contribution in [0, 0.1) is 6.92 Å². The third-order valence-electron chi connectivity index (χ3n) is 4.26. The van der Waals surface area contributed by atoms with E-state index in [1.807, 2.05) is 34.6 Å². The van der Waals surface area contributed by atoms with Crippen molar-refractivity contribution >= 4 is 11.9 Å². The summed E-state index contributed by atoms with van der Waals surface area (Å²) in [5.74, 6) is 2.45. The maximum absolute atomic E-state index is 6.17. The second kappa shape index (κ2) is 12.0. The Morgan fingerprint density at radius 3 is 1.42 bits per heavy atom. The van der Waals surface area contributed by atoms with Gasteiger partial charge in [-0.1, -0.05) is 27.7 Å². The summed E-state index contributed by atoms with van der Waals surface area (Å²) in [5, 5.41) is 0. The first kappa shape index (κ1) is 24.3. The number of nitrogens with two attached hydrogens (primary N) is 2. The standard InChI is InChI=1S/C22H35N5O4/c1-6-10-28-16-14(5)15(20-25-21(23)27-22(24)26-20)17(29-11-7-2)19(31-13-9-4)18(16)30-12-8-3/h6-13H2,1-5H3,(H4,23,24,25,26,27). The lowest BCUT2D eigenvalue weighted by atomic mass is 10.0. The van der Waals surface area contributed by atoms with Crippen molar-refractivity contribution in [3.05, 3.63) is 5.56 Å². The number of rotatable bonds is 13. The van der Waals surface area contributed by atoms with Crippen molar-refractivity contribution in [3.8, 4) is 34.4 Å². The third-order valence-corrected chi connectivity index (χ3v) is 4.26. The molecule has 9 heteroatoms. The largest absolute Gasteiger partial charge is 0.489 e. The maximum atomic E-state index is 6.17. The summed E-state index contributed by atoms with van der Waals surface area (Å²) < 4.78 is 24.6. The quantitative estimate of drug-likeness (QED) is 0.478.